The van der Waals surface area contributed by atoms with Gasteiger partial charge in [0.1, 0.15) is 5.82 Å². The number of anilines is 1. The Labute approximate surface area is 66.7 Å². The summed E-state index contributed by atoms with van der Waals surface area (Å²) >= 11 is 0. The second-order valence-corrected chi connectivity index (χ2v) is 3.55. The van der Waals surface area contributed by atoms with Gasteiger partial charge >= 0.3 is 0 Å². The molecule has 11 heavy (non-hydrogen) atoms. The highest BCUT2D eigenvalue weighted by molar-refractivity contribution is 7.84. The van der Waals surface area contributed by atoms with Crippen LogP contribution >= 0.6 is 0 Å². The molecule has 0 radical (unpaired) electrons. The van der Waals surface area contributed by atoms with Crippen molar-refractivity contribution < 1.29 is 8.60 Å². The summed E-state index contributed by atoms with van der Waals surface area (Å²) in [7, 11) is -1.17. The monoisotopic (exact) mass is 173 g/mol. The minimum absolute atomic E-state index is 0.301. The van der Waals surface area contributed by atoms with Crippen molar-refractivity contribution >= 4 is 16.5 Å². The molecule has 0 aliphatic carbocycles. The van der Waals surface area contributed by atoms with Gasteiger partial charge in [0.2, 0.25) is 0 Å². The van der Waals surface area contributed by atoms with E-state index in [4.69, 9.17) is 5.73 Å². The minimum Gasteiger partial charge on any atom is -0.399 e. The predicted octanol–water partition coefficient (Wildman–Crippen LogP) is 1.15. The van der Waals surface area contributed by atoms with E-state index in [9.17, 15) is 8.60 Å². The Hall–Kier alpha value is -0.900. The van der Waals surface area contributed by atoms with E-state index in [1.165, 1.54) is 24.5 Å². The molecule has 0 bridgehead atoms. The molecule has 1 aromatic rings. The van der Waals surface area contributed by atoms with Gasteiger partial charge in [-0.3, -0.25) is 4.21 Å². The fourth-order valence-electron chi connectivity index (χ4n) is 0.750. The standard InChI is InChI=1S/C7H8FNOS/c1-11(10)7-3-5(8)2-6(9)4-7/h2-4H,9H2,1H3. The zero-order valence-electron chi connectivity index (χ0n) is 6.00. The van der Waals surface area contributed by atoms with E-state index in [0.717, 1.165) is 0 Å². The van der Waals surface area contributed by atoms with E-state index in [0.29, 0.717) is 10.6 Å². The van der Waals surface area contributed by atoms with Gasteiger partial charge in [0.15, 0.2) is 0 Å². The van der Waals surface area contributed by atoms with Crippen LogP contribution < -0.4 is 5.73 Å². The van der Waals surface area contributed by atoms with Crippen LogP contribution in [-0.4, -0.2) is 10.5 Å². The van der Waals surface area contributed by atoms with Crippen LogP contribution in [0, 0.1) is 5.82 Å². The quantitative estimate of drug-likeness (QED) is 0.647. The van der Waals surface area contributed by atoms with E-state index in [1.807, 2.05) is 0 Å². The van der Waals surface area contributed by atoms with E-state index >= 15 is 0 Å². The second kappa shape index (κ2) is 3.00. The van der Waals surface area contributed by atoms with E-state index in [-0.39, 0.29) is 0 Å². The highest BCUT2D eigenvalue weighted by Gasteiger charge is 2.00. The third-order valence-corrected chi connectivity index (χ3v) is 2.13. The molecular formula is C7H8FNOS. The number of rotatable bonds is 1. The molecule has 1 atom stereocenters. The molecule has 0 saturated carbocycles. The Kier molecular flexibility index (Phi) is 2.24. The summed E-state index contributed by atoms with van der Waals surface area (Å²) in [5.74, 6) is -0.449. The van der Waals surface area contributed by atoms with Crippen molar-refractivity contribution in [2.24, 2.45) is 0 Å². The lowest BCUT2D eigenvalue weighted by Gasteiger charge is -1.98. The van der Waals surface area contributed by atoms with Crippen molar-refractivity contribution in [1.82, 2.24) is 0 Å². The first kappa shape index (κ1) is 8.20. The normalized spacial score (nSPS) is 12.9. The van der Waals surface area contributed by atoms with Gasteiger partial charge in [0.05, 0.1) is 0 Å². The van der Waals surface area contributed by atoms with E-state index in [2.05, 4.69) is 0 Å². The minimum atomic E-state index is -1.17. The van der Waals surface area contributed by atoms with Crippen molar-refractivity contribution in [3.8, 4) is 0 Å². The Bertz CT molecular complexity index is 280. The maximum absolute atomic E-state index is 12.6. The van der Waals surface area contributed by atoms with Crippen molar-refractivity contribution in [3.63, 3.8) is 0 Å². The zero-order chi connectivity index (χ0) is 8.43. The van der Waals surface area contributed by atoms with Crippen LogP contribution in [0.1, 0.15) is 0 Å². The molecule has 2 nitrogen and oxygen atoms in total. The van der Waals surface area contributed by atoms with Crippen molar-refractivity contribution in [1.29, 1.82) is 0 Å². The van der Waals surface area contributed by atoms with Gasteiger partial charge in [-0.05, 0) is 18.2 Å². The first-order chi connectivity index (χ1) is 5.09. The molecule has 60 valence electrons. The molecule has 1 aromatic carbocycles. The average Bonchev–Trinajstić information content (AvgIpc) is 1.85. The topological polar surface area (TPSA) is 43.1 Å². The highest BCUT2D eigenvalue weighted by atomic mass is 32.2. The molecule has 0 aliphatic rings. The first-order valence-corrected chi connectivity index (χ1v) is 4.55. The van der Waals surface area contributed by atoms with Gasteiger partial charge in [-0.15, -0.1) is 0 Å². The van der Waals surface area contributed by atoms with Crippen molar-refractivity contribution in [2.75, 3.05) is 12.0 Å². The van der Waals surface area contributed by atoms with Crippen LogP contribution in [0.15, 0.2) is 23.1 Å². The maximum Gasteiger partial charge on any atom is 0.126 e. The number of hydrogen-bond donors (Lipinski definition) is 1. The van der Waals surface area contributed by atoms with Gasteiger partial charge < -0.3 is 5.73 Å². The Morgan fingerprint density at radius 3 is 2.55 bits per heavy atom. The molecule has 4 heteroatoms. The summed E-state index contributed by atoms with van der Waals surface area (Å²) in [6.45, 7) is 0. The Morgan fingerprint density at radius 1 is 1.45 bits per heavy atom. The molecule has 2 N–H and O–H groups in total. The SMILES string of the molecule is CS(=O)c1cc(N)cc(F)c1. The van der Waals surface area contributed by atoms with Crippen LogP contribution in [0.25, 0.3) is 0 Å². The summed E-state index contributed by atoms with van der Waals surface area (Å²) in [5.41, 5.74) is 5.62. The summed E-state index contributed by atoms with van der Waals surface area (Å²) in [6, 6.07) is 3.90. The van der Waals surface area contributed by atoms with Gasteiger partial charge in [-0.25, -0.2) is 4.39 Å². The van der Waals surface area contributed by atoms with Gasteiger partial charge in [-0.2, -0.15) is 0 Å². The van der Waals surface area contributed by atoms with Crippen LogP contribution in [0.4, 0.5) is 10.1 Å². The molecule has 0 amide bonds. The predicted molar refractivity (Wildman–Crippen MR) is 43.1 cm³/mol. The summed E-state index contributed by atoms with van der Waals surface area (Å²) in [4.78, 5) is 0.419. The van der Waals surface area contributed by atoms with Crippen molar-refractivity contribution in [2.45, 2.75) is 4.90 Å². The molecule has 0 aliphatic heterocycles. The fourth-order valence-corrected chi connectivity index (χ4v) is 1.33. The van der Waals surface area contributed by atoms with E-state index < -0.39 is 16.6 Å². The molecule has 0 fully saturated rings. The fraction of sp³-hybridized carbons (Fsp3) is 0.143. The molecular weight excluding hydrogens is 165 g/mol. The van der Waals surface area contributed by atoms with Crippen LogP contribution in [0.2, 0.25) is 0 Å². The van der Waals surface area contributed by atoms with Crippen LogP contribution in [-0.2, 0) is 10.8 Å². The number of halogens is 1. The Morgan fingerprint density at radius 2 is 2.09 bits per heavy atom. The van der Waals surface area contributed by atoms with Gasteiger partial charge in [-0.1, -0.05) is 0 Å². The van der Waals surface area contributed by atoms with E-state index in [1.54, 1.807) is 0 Å². The lowest BCUT2D eigenvalue weighted by atomic mass is 10.3. The summed E-state index contributed by atoms with van der Waals surface area (Å²) < 4.78 is 23.4. The van der Waals surface area contributed by atoms with Crippen LogP contribution in [0.5, 0.6) is 0 Å². The molecule has 1 unspecified atom stereocenters. The molecule has 0 saturated heterocycles. The largest absolute Gasteiger partial charge is 0.399 e. The summed E-state index contributed by atoms with van der Waals surface area (Å²) in [6.07, 6.45) is 1.48. The third-order valence-electron chi connectivity index (χ3n) is 1.23. The number of hydrogen-bond acceptors (Lipinski definition) is 2. The zero-order valence-corrected chi connectivity index (χ0v) is 6.82. The van der Waals surface area contributed by atoms with Gasteiger partial charge in [0, 0.05) is 27.6 Å². The lowest BCUT2D eigenvalue weighted by molar-refractivity contribution is 0.623. The number of benzene rings is 1. The number of nitrogens with two attached hydrogens (primary N) is 1. The molecule has 0 spiro atoms. The highest BCUT2D eigenvalue weighted by Crippen LogP contribution is 2.12. The molecule has 1 rings (SSSR count). The Balaban J connectivity index is 3.19. The molecule has 0 heterocycles. The van der Waals surface area contributed by atoms with Crippen molar-refractivity contribution in [3.05, 3.63) is 24.0 Å². The maximum atomic E-state index is 12.6. The second-order valence-electron chi connectivity index (χ2n) is 2.17. The summed E-state index contributed by atoms with van der Waals surface area (Å²) in [5, 5.41) is 0. The number of nitrogen functional groups attached to an aromatic ring is 1. The third kappa shape index (κ3) is 2.01. The molecule has 0 aromatic heterocycles. The van der Waals surface area contributed by atoms with Crippen LogP contribution in [0.3, 0.4) is 0 Å². The smallest absolute Gasteiger partial charge is 0.126 e. The average molecular weight is 173 g/mol. The lowest BCUT2D eigenvalue weighted by Crippen LogP contribution is -1.92. The first-order valence-electron chi connectivity index (χ1n) is 2.99. The van der Waals surface area contributed by atoms with Gasteiger partial charge in [0.25, 0.3) is 0 Å².